The molecule has 5 rings (SSSR count). The first-order valence-corrected chi connectivity index (χ1v) is 12.5. The average Bonchev–Trinajstić information content (AvgIpc) is 3.60. The van der Waals surface area contributed by atoms with Crippen LogP contribution in [0.2, 0.25) is 5.02 Å². The predicted molar refractivity (Wildman–Crippen MR) is 133 cm³/mol. The molecule has 1 aliphatic heterocycles. The Kier molecular flexibility index (Phi) is 6.74. The van der Waals surface area contributed by atoms with E-state index in [1.807, 2.05) is 22.9 Å². The molecule has 0 fully saturated rings. The van der Waals surface area contributed by atoms with Crippen LogP contribution in [0.4, 0.5) is 23.2 Å². The van der Waals surface area contributed by atoms with Gasteiger partial charge in [-0.25, -0.2) is 9.37 Å². The molecule has 0 unspecified atom stereocenters. The number of nitrogens with zero attached hydrogens (tertiary/aromatic N) is 6. The molecular formula is C25H26ClF4N7. The fourth-order valence-corrected chi connectivity index (χ4v) is 4.89. The second-order valence-electron chi connectivity index (χ2n) is 9.12. The van der Waals surface area contributed by atoms with Gasteiger partial charge in [0, 0.05) is 30.5 Å². The SMILES string of the molecule is CCn1cc(C(F)(F)F)nc1-c1ccc(N[C@@H]2CCCn3nc(-c4c(Cl)cnn4[C@H](C)CF)cc32)cc1. The maximum absolute atomic E-state index is 13.3. The van der Waals surface area contributed by atoms with Crippen molar-refractivity contribution in [3.63, 3.8) is 0 Å². The Bertz CT molecular complexity index is 1390. The highest BCUT2D eigenvalue weighted by Crippen LogP contribution is 2.36. The van der Waals surface area contributed by atoms with Gasteiger partial charge < -0.3 is 9.88 Å². The number of fused-ring (bicyclic) bond motifs is 1. The van der Waals surface area contributed by atoms with E-state index in [4.69, 9.17) is 16.7 Å². The summed E-state index contributed by atoms with van der Waals surface area (Å²) in [5.41, 5.74) is 2.71. The number of aromatic nitrogens is 6. The monoisotopic (exact) mass is 535 g/mol. The molecule has 4 heterocycles. The minimum Gasteiger partial charge on any atom is -0.377 e. The quantitative estimate of drug-likeness (QED) is 0.265. The number of anilines is 1. The third-order valence-electron chi connectivity index (χ3n) is 6.56. The maximum atomic E-state index is 13.3. The van der Waals surface area contributed by atoms with Gasteiger partial charge in [0.1, 0.15) is 23.9 Å². The van der Waals surface area contributed by atoms with Crippen molar-refractivity contribution in [2.45, 2.75) is 58.0 Å². The van der Waals surface area contributed by atoms with Gasteiger partial charge in [-0.3, -0.25) is 9.36 Å². The van der Waals surface area contributed by atoms with Crippen LogP contribution in [0.5, 0.6) is 0 Å². The van der Waals surface area contributed by atoms with Crippen molar-refractivity contribution in [3.05, 3.63) is 59.1 Å². The van der Waals surface area contributed by atoms with Crippen LogP contribution in [0.1, 0.15) is 50.2 Å². The van der Waals surface area contributed by atoms with E-state index < -0.39 is 24.6 Å². The lowest BCUT2D eigenvalue weighted by molar-refractivity contribution is -0.140. The molecule has 0 saturated carbocycles. The summed E-state index contributed by atoms with van der Waals surface area (Å²) in [6, 6.07) is 8.64. The van der Waals surface area contributed by atoms with Gasteiger partial charge in [0.05, 0.1) is 29.0 Å². The van der Waals surface area contributed by atoms with E-state index in [-0.39, 0.29) is 11.9 Å². The summed E-state index contributed by atoms with van der Waals surface area (Å²) >= 11 is 6.38. The molecule has 1 aliphatic rings. The summed E-state index contributed by atoms with van der Waals surface area (Å²) in [6.07, 6.45) is -0.178. The molecule has 0 bridgehead atoms. The second kappa shape index (κ2) is 9.85. The number of nitrogens with one attached hydrogen (secondary N) is 1. The molecule has 0 aliphatic carbocycles. The zero-order valence-corrected chi connectivity index (χ0v) is 21.1. The van der Waals surface area contributed by atoms with Crippen molar-refractivity contribution in [3.8, 4) is 22.8 Å². The molecule has 196 valence electrons. The second-order valence-corrected chi connectivity index (χ2v) is 9.52. The average molecular weight is 536 g/mol. The fourth-order valence-electron chi connectivity index (χ4n) is 4.67. The molecule has 0 saturated heterocycles. The lowest BCUT2D eigenvalue weighted by atomic mass is 10.0. The number of halogens is 5. The van der Waals surface area contributed by atoms with Gasteiger partial charge in [0.2, 0.25) is 0 Å². The maximum Gasteiger partial charge on any atom is 0.434 e. The van der Waals surface area contributed by atoms with E-state index in [0.29, 0.717) is 28.5 Å². The number of alkyl halides is 4. The minimum absolute atomic E-state index is 0.0379. The zero-order chi connectivity index (χ0) is 26.3. The molecule has 2 atom stereocenters. The Morgan fingerprint density at radius 3 is 2.65 bits per heavy atom. The summed E-state index contributed by atoms with van der Waals surface area (Å²) in [5.74, 6) is 0.276. The van der Waals surface area contributed by atoms with Gasteiger partial charge in [0.15, 0.2) is 5.69 Å². The number of benzene rings is 1. The van der Waals surface area contributed by atoms with E-state index in [1.54, 1.807) is 30.7 Å². The van der Waals surface area contributed by atoms with E-state index in [0.717, 1.165) is 37.0 Å². The molecular weight excluding hydrogens is 510 g/mol. The number of rotatable bonds is 7. The lowest BCUT2D eigenvalue weighted by Gasteiger charge is -2.25. The molecule has 0 radical (unpaired) electrons. The van der Waals surface area contributed by atoms with Crippen molar-refractivity contribution >= 4 is 17.3 Å². The molecule has 3 aromatic heterocycles. The van der Waals surface area contributed by atoms with Gasteiger partial charge in [-0.05, 0) is 57.0 Å². The van der Waals surface area contributed by atoms with Crippen molar-refractivity contribution in [1.29, 1.82) is 0 Å². The van der Waals surface area contributed by atoms with E-state index in [9.17, 15) is 17.6 Å². The molecule has 1 N–H and O–H groups in total. The highest BCUT2D eigenvalue weighted by atomic mass is 35.5. The van der Waals surface area contributed by atoms with Crippen LogP contribution in [0.25, 0.3) is 22.8 Å². The molecule has 12 heteroatoms. The summed E-state index contributed by atoms with van der Waals surface area (Å²) in [7, 11) is 0. The molecule has 1 aromatic carbocycles. The lowest BCUT2D eigenvalue weighted by Crippen LogP contribution is -2.21. The van der Waals surface area contributed by atoms with E-state index in [2.05, 4.69) is 15.4 Å². The van der Waals surface area contributed by atoms with Gasteiger partial charge in [-0.2, -0.15) is 23.4 Å². The Labute approximate surface area is 216 Å². The summed E-state index contributed by atoms with van der Waals surface area (Å²) < 4.78 is 57.8. The molecule has 4 aromatic rings. The van der Waals surface area contributed by atoms with Gasteiger partial charge in [-0.1, -0.05) is 11.6 Å². The Hall–Kier alpha value is -3.34. The highest BCUT2D eigenvalue weighted by molar-refractivity contribution is 6.32. The number of hydrogen-bond acceptors (Lipinski definition) is 4. The first-order valence-electron chi connectivity index (χ1n) is 12.1. The Balaban J connectivity index is 1.39. The van der Waals surface area contributed by atoms with Crippen molar-refractivity contribution in [2.24, 2.45) is 0 Å². The minimum atomic E-state index is -4.49. The summed E-state index contributed by atoms with van der Waals surface area (Å²) in [4.78, 5) is 3.82. The van der Waals surface area contributed by atoms with Crippen LogP contribution in [-0.2, 0) is 19.3 Å². The number of imidazole rings is 1. The zero-order valence-electron chi connectivity index (χ0n) is 20.3. The Morgan fingerprint density at radius 2 is 1.97 bits per heavy atom. The normalized spacial score (nSPS) is 16.6. The van der Waals surface area contributed by atoms with E-state index >= 15 is 0 Å². The van der Waals surface area contributed by atoms with Crippen LogP contribution < -0.4 is 5.32 Å². The third kappa shape index (κ3) is 4.84. The van der Waals surface area contributed by atoms with Crippen LogP contribution in [-0.4, -0.2) is 35.8 Å². The van der Waals surface area contributed by atoms with Crippen LogP contribution in [0.3, 0.4) is 0 Å². The van der Waals surface area contributed by atoms with Crippen molar-refractivity contribution < 1.29 is 17.6 Å². The number of hydrogen-bond donors (Lipinski definition) is 1. The Morgan fingerprint density at radius 1 is 1.22 bits per heavy atom. The summed E-state index contributed by atoms with van der Waals surface area (Å²) in [6.45, 7) is 4.06. The fraction of sp³-hybridized carbons (Fsp3) is 0.400. The van der Waals surface area contributed by atoms with Crippen LogP contribution >= 0.6 is 11.6 Å². The first-order chi connectivity index (χ1) is 17.7. The van der Waals surface area contributed by atoms with Crippen LogP contribution in [0, 0.1) is 0 Å². The van der Waals surface area contributed by atoms with Gasteiger partial charge >= 0.3 is 6.18 Å². The van der Waals surface area contributed by atoms with Crippen molar-refractivity contribution in [2.75, 3.05) is 12.0 Å². The molecule has 0 amide bonds. The summed E-state index contributed by atoms with van der Waals surface area (Å²) in [5, 5.41) is 12.9. The molecule has 7 nitrogen and oxygen atoms in total. The largest absolute Gasteiger partial charge is 0.434 e. The standard InChI is InChI=1S/C25H26ClF4N7/c1-3-35-14-22(25(28,29)30)33-24(35)16-6-8-17(9-7-16)32-19-5-4-10-36-21(19)11-20(34-36)23-18(26)13-31-37(23)15(2)12-27/h6-9,11,13-15,19,32H,3-5,10,12H2,1-2H3/t15-,19-/m1/s1. The van der Waals surface area contributed by atoms with Crippen molar-refractivity contribution in [1.82, 2.24) is 29.1 Å². The van der Waals surface area contributed by atoms with Gasteiger partial charge in [-0.15, -0.1) is 0 Å². The molecule has 37 heavy (non-hydrogen) atoms. The smallest absolute Gasteiger partial charge is 0.377 e. The number of aryl methyl sites for hydroxylation is 2. The first kappa shape index (κ1) is 25.3. The van der Waals surface area contributed by atoms with E-state index in [1.165, 1.54) is 10.8 Å². The van der Waals surface area contributed by atoms with Crippen LogP contribution in [0.15, 0.2) is 42.7 Å². The molecule has 0 spiro atoms. The topological polar surface area (TPSA) is 65.5 Å². The third-order valence-corrected chi connectivity index (χ3v) is 6.83. The van der Waals surface area contributed by atoms with Gasteiger partial charge in [0.25, 0.3) is 0 Å². The highest BCUT2D eigenvalue weighted by Gasteiger charge is 2.35. The predicted octanol–water partition coefficient (Wildman–Crippen LogP) is 6.78.